The molecule has 0 aliphatic carbocycles. The minimum Gasteiger partial charge on any atom is -0.495 e. The smallest absolute Gasteiger partial charge is 0.259 e. The van der Waals surface area contributed by atoms with Gasteiger partial charge >= 0.3 is 0 Å². The van der Waals surface area contributed by atoms with Gasteiger partial charge in [-0.15, -0.1) is 0 Å². The molecule has 4 rings (SSSR count). The lowest BCUT2D eigenvalue weighted by atomic mass is 10.2. The summed E-state index contributed by atoms with van der Waals surface area (Å²) in [6.45, 7) is 0.859. The van der Waals surface area contributed by atoms with Crippen LogP contribution in [0, 0.1) is 0 Å². The van der Waals surface area contributed by atoms with Crippen LogP contribution in [0.15, 0.2) is 90.2 Å². The van der Waals surface area contributed by atoms with E-state index in [4.69, 9.17) is 4.74 Å². The van der Waals surface area contributed by atoms with Crippen molar-refractivity contribution in [1.82, 2.24) is 9.99 Å². The van der Waals surface area contributed by atoms with Crippen LogP contribution in [0.1, 0.15) is 11.1 Å². The summed E-state index contributed by atoms with van der Waals surface area (Å²) in [5, 5.41) is 8.30. The highest BCUT2D eigenvalue weighted by Crippen LogP contribution is 2.23. The number of ether oxygens (including phenoxy) is 1. The molecule has 3 aromatic carbocycles. The molecule has 156 valence electrons. The highest BCUT2D eigenvalue weighted by Gasteiger charge is 2.08. The number of amides is 1. The zero-order chi connectivity index (χ0) is 21.5. The highest BCUT2D eigenvalue weighted by atomic mass is 16.5. The minimum atomic E-state index is -0.241. The van der Waals surface area contributed by atoms with Crippen LogP contribution in [0.3, 0.4) is 0 Å². The first kappa shape index (κ1) is 20.2. The van der Waals surface area contributed by atoms with E-state index in [1.165, 1.54) is 5.56 Å². The average molecular weight is 412 g/mol. The Morgan fingerprint density at radius 2 is 1.74 bits per heavy atom. The summed E-state index contributed by atoms with van der Waals surface area (Å²) in [4.78, 5) is 12.2. The third-order valence-corrected chi connectivity index (χ3v) is 4.95. The standard InChI is InChI=1S/C25H24N4O2/c1-31-24-14-8-6-12-22(24)26-16-25(30)28-27-15-20-18-29(17-19-9-3-2-4-10-19)23-13-7-5-11-21(20)23/h2-15,18,26H,16-17H2,1H3,(H,28,30)/b27-15-. The van der Waals surface area contributed by atoms with Crippen molar-refractivity contribution in [3.8, 4) is 5.75 Å². The molecular formula is C25H24N4O2. The Morgan fingerprint density at radius 3 is 2.58 bits per heavy atom. The van der Waals surface area contributed by atoms with Crippen LogP contribution >= 0.6 is 0 Å². The minimum absolute atomic E-state index is 0.0908. The fraction of sp³-hybridized carbons (Fsp3) is 0.120. The SMILES string of the molecule is COc1ccccc1NCC(=O)N/N=C\c1cn(Cc2ccccc2)c2ccccc12. The number of hydrogen-bond acceptors (Lipinski definition) is 4. The van der Waals surface area contributed by atoms with Crippen LogP contribution in [0.25, 0.3) is 10.9 Å². The molecule has 1 aromatic heterocycles. The number of aromatic nitrogens is 1. The van der Waals surface area contributed by atoms with Gasteiger partial charge in [0, 0.05) is 29.2 Å². The second-order valence-electron chi connectivity index (χ2n) is 7.06. The first-order valence-electron chi connectivity index (χ1n) is 10.0. The van der Waals surface area contributed by atoms with E-state index in [0.717, 1.165) is 28.7 Å². The van der Waals surface area contributed by atoms with Gasteiger partial charge in [0.1, 0.15) is 5.75 Å². The largest absolute Gasteiger partial charge is 0.495 e. The fourth-order valence-electron chi connectivity index (χ4n) is 3.47. The highest BCUT2D eigenvalue weighted by molar-refractivity contribution is 5.99. The number of methoxy groups -OCH3 is 1. The summed E-state index contributed by atoms with van der Waals surface area (Å²) in [7, 11) is 1.60. The van der Waals surface area contributed by atoms with Crippen LogP contribution in [0.4, 0.5) is 5.69 Å². The number of hydrazone groups is 1. The van der Waals surface area contributed by atoms with Crippen LogP contribution < -0.4 is 15.5 Å². The van der Waals surface area contributed by atoms with Gasteiger partial charge in [-0.05, 0) is 23.8 Å². The lowest BCUT2D eigenvalue weighted by Gasteiger charge is -2.09. The van der Waals surface area contributed by atoms with Gasteiger partial charge in [0.2, 0.25) is 0 Å². The Hall–Kier alpha value is -4.06. The zero-order valence-electron chi connectivity index (χ0n) is 17.3. The Bertz CT molecular complexity index is 1200. The van der Waals surface area contributed by atoms with Crippen molar-refractivity contribution in [3.63, 3.8) is 0 Å². The average Bonchev–Trinajstić information content (AvgIpc) is 3.16. The second-order valence-corrected chi connectivity index (χ2v) is 7.06. The summed E-state index contributed by atoms with van der Waals surface area (Å²) in [6, 6.07) is 25.9. The topological polar surface area (TPSA) is 67.7 Å². The van der Waals surface area contributed by atoms with Gasteiger partial charge in [-0.25, -0.2) is 5.43 Å². The maximum Gasteiger partial charge on any atom is 0.259 e. The summed E-state index contributed by atoms with van der Waals surface area (Å²) < 4.78 is 7.47. The molecular weight excluding hydrogens is 388 g/mol. The first-order valence-corrected chi connectivity index (χ1v) is 10.0. The van der Waals surface area contributed by atoms with E-state index in [-0.39, 0.29) is 12.5 Å². The molecule has 0 aliphatic rings. The van der Waals surface area contributed by atoms with E-state index in [1.54, 1.807) is 13.3 Å². The van der Waals surface area contributed by atoms with Gasteiger partial charge < -0.3 is 14.6 Å². The van der Waals surface area contributed by atoms with Crippen molar-refractivity contribution < 1.29 is 9.53 Å². The van der Waals surface area contributed by atoms with E-state index >= 15 is 0 Å². The molecule has 0 unspecified atom stereocenters. The Kier molecular flexibility index (Phi) is 6.28. The summed E-state index contributed by atoms with van der Waals surface area (Å²) in [5.41, 5.74) is 6.63. The molecule has 0 saturated heterocycles. The van der Waals surface area contributed by atoms with Crippen molar-refractivity contribution in [2.75, 3.05) is 19.0 Å². The molecule has 1 heterocycles. The molecule has 4 aromatic rings. The first-order chi connectivity index (χ1) is 15.2. The molecule has 0 fully saturated rings. The number of benzene rings is 3. The predicted octanol–water partition coefficient (Wildman–Crippen LogP) is 4.26. The number of carbonyl (C=O) groups excluding carboxylic acids is 1. The van der Waals surface area contributed by atoms with Gasteiger partial charge in [0.05, 0.1) is 25.6 Å². The third kappa shape index (κ3) is 4.93. The van der Waals surface area contributed by atoms with Crippen molar-refractivity contribution in [1.29, 1.82) is 0 Å². The lowest BCUT2D eigenvalue weighted by molar-refractivity contribution is -0.119. The number of fused-ring (bicyclic) bond motifs is 1. The maximum atomic E-state index is 12.2. The van der Waals surface area contributed by atoms with Crippen molar-refractivity contribution >= 4 is 28.7 Å². The number of nitrogens with one attached hydrogen (secondary N) is 2. The monoisotopic (exact) mass is 412 g/mol. The van der Waals surface area contributed by atoms with Gasteiger partial charge in [0.25, 0.3) is 5.91 Å². The molecule has 0 spiro atoms. The molecule has 2 N–H and O–H groups in total. The maximum absolute atomic E-state index is 12.2. The molecule has 0 bridgehead atoms. The van der Waals surface area contributed by atoms with Gasteiger partial charge in [-0.2, -0.15) is 5.10 Å². The van der Waals surface area contributed by atoms with E-state index in [9.17, 15) is 4.79 Å². The molecule has 0 atom stereocenters. The summed E-state index contributed by atoms with van der Waals surface area (Å²) in [5.74, 6) is 0.445. The van der Waals surface area contributed by atoms with Gasteiger partial charge in [-0.1, -0.05) is 60.7 Å². The van der Waals surface area contributed by atoms with Gasteiger partial charge in [0.15, 0.2) is 0 Å². The lowest BCUT2D eigenvalue weighted by Crippen LogP contribution is -2.26. The number of hydrogen-bond donors (Lipinski definition) is 2. The summed E-state index contributed by atoms with van der Waals surface area (Å²) in [6.07, 6.45) is 3.74. The van der Waals surface area contributed by atoms with E-state index in [1.807, 2.05) is 54.6 Å². The van der Waals surface area contributed by atoms with Crippen molar-refractivity contribution in [3.05, 3.63) is 96.2 Å². The van der Waals surface area contributed by atoms with E-state index in [2.05, 4.69) is 50.9 Å². The molecule has 6 nitrogen and oxygen atoms in total. The van der Waals surface area contributed by atoms with Crippen LogP contribution in [-0.2, 0) is 11.3 Å². The molecule has 1 amide bonds. The zero-order valence-corrected chi connectivity index (χ0v) is 17.3. The number of para-hydroxylation sites is 3. The van der Waals surface area contributed by atoms with Crippen molar-refractivity contribution in [2.24, 2.45) is 5.10 Å². The number of rotatable bonds is 8. The Morgan fingerprint density at radius 1 is 1.00 bits per heavy atom. The third-order valence-electron chi connectivity index (χ3n) is 4.95. The molecule has 0 aliphatic heterocycles. The van der Waals surface area contributed by atoms with Crippen molar-refractivity contribution in [2.45, 2.75) is 6.54 Å². The van der Waals surface area contributed by atoms with E-state index in [0.29, 0.717) is 5.75 Å². The Labute approximate surface area is 181 Å². The molecule has 31 heavy (non-hydrogen) atoms. The normalized spacial score (nSPS) is 11.0. The van der Waals surface area contributed by atoms with E-state index < -0.39 is 0 Å². The molecule has 6 heteroatoms. The van der Waals surface area contributed by atoms with Crippen LogP contribution in [0.2, 0.25) is 0 Å². The number of nitrogens with zero attached hydrogens (tertiary/aromatic N) is 2. The summed E-state index contributed by atoms with van der Waals surface area (Å²) >= 11 is 0. The quantitative estimate of drug-likeness (QED) is 0.336. The second kappa shape index (κ2) is 9.63. The molecule has 0 saturated carbocycles. The van der Waals surface area contributed by atoms with Crippen LogP contribution in [0.5, 0.6) is 5.75 Å². The molecule has 0 radical (unpaired) electrons. The fourth-order valence-corrected chi connectivity index (χ4v) is 3.47. The Balaban J connectivity index is 1.43. The predicted molar refractivity (Wildman–Crippen MR) is 125 cm³/mol. The van der Waals surface area contributed by atoms with Gasteiger partial charge in [-0.3, -0.25) is 4.79 Å². The van der Waals surface area contributed by atoms with Crippen LogP contribution in [-0.4, -0.2) is 30.3 Å². The number of anilines is 1. The number of carbonyl (C=O) groups is 1.